The third-order valence-corrected chi connectivity index (χ3v) is 7.43. The van der Waals surface area contributed by atoms with Gasteiger partial charge in [0.05, 0.1) is 21.3 Å². The number of hydrogen-bond acceptors (Lipinski definition) is 5. The Morgan fingerprint density at radius 1 is 0.795 bits per heavy atom. The summed E-state index contributed by atoms with van der Waals surface area (Å²) in [5, 5.41) is 0. The van der Waals surface area contributed by atoms with Crippen LogP contribution in [0.15, 0.2) is 48.6 Å². The summed E-state index contributed by atoms with van der Waals surface area (Å²) < 4.78 is 16.4. The second kappa shape index (κ2) is 14.6. The van der Waals surface area contributed by atoms with Gasteiger partial charge in [0.1, 0.15) is 12.1 Å². The van der Waals surface area contributed by atoms with Crippen LogP contribution < -0.4 is 14.2 Å². The van der Waals surface area contributed by atoms with Crippen molar-refractivity contribution in [2.75, 3.05) is 34.9 Å². The van der Waals surface area contributed by atoms with E-state index in [1.807, 2.05) is 36.4 Å². The Bertz CT molecular complexity index is 1100. The number of likely N-dealkylation sites (N-methyl/N-ethyl adjacent to an activating group) is 1. The topological polar surface area (TPSA) is 68.3 Å². The van der Waals surface area contributed by atoms with Crippen molar-refractivity contribution >= 4 is 11.8 Å². The molecule has 7 nitrogen and oxygen atoms in total. The number of amides is 2. The van der Waals surface area contributed by atoms with Gasteiger partial charge in [-0.05, 0) is 48.1 Å². The molecule has 1 aliphatic heterocycles. The molecule has 7 heteroatoms. The minimum absolute atomic E-state index is 0.0162. The second-order valence-electron chi connectivity index (χ2n) is 10.0. The standard InChI is InChI=1S/C32H44N2O5/c1-7-9-10-11-12-13-19-34-26(14-8-2)31(35)33(3)27(32(34)36)20-23-15-17-24(18-16-23)25-21-28(37-4)30(39-6)29(22-25)38-5/h12-13,15-18,21-22,26-27H,7-11,14,19-20H2,1-6H3/t26-,27-/m0/s1. The monoisotopic (exact) mass is 536 g/mol. The van der Waals surface area contributed by atoms with Gasteiger partial charge in [-0.15, -0.1) is 0 Å². The first-order valence-corrected chi connectivity index (χ1v) is 14.0. The van der Waals surface area contributed by atoms with Gasteiger partial charge in [-0.2, -0.15) is 0 Å². The van der Waals surface area contributed by atoms with Gasteiger partial charge in [0.2, 0.25) is 17.6 Å². The first-order valence-electron chi connectivity index (χ1n) is 14.0. The SMILES string of the molecule is CCCCCC=CCN1C(=O)[C@H](Cc2ccc(-c3cc(OC)c(OC)c(OC)c3)cc2)N(C)C(=O)[C@@H]1CCC. The largest absolute Gasteiger partial charge is 0.493 e. The van der Waals surface area contributed by atoms with E-state index in [4.69, 9.17) is 14.2 Å². The van der Waals surface area contributed by atoms with Gasteiger partial charge in [-0.1, -0.05) is 69.5 Å². The van der Waals surface area contributed by atoms with Crippen LogP contribution in [0, 0.1) is 0 Å². The summed E-state index contributed by atoms with van der Waals surface area (Å²) in [6.07, 6.45) is 10.7. The predicted octanol–water partition coefficient (Wildman–Crippen LogP) is 5.90. The van der Waals surface area contributed by atoms with E-state index in [9.17, 15) is 9.59 Å². The molecule has 1 saturated heterocycles. The lowest BCUT2D eigenvalue weighted by Gasteiger charge is -2.43. The van der Waals surface area contributed by atoms with Gasteiger partial charge in [0.25, 0.3) is 0 Å². The van der Waals surface area contributed by atoms with E-state index < -0.39 is 12.1 Å². The van der Waals surface area contributed by atoms with Crippen molar-refractivity contribution in [3.63, 3.8) is 0 Å². The van der Waals surface area contributed by atoms with Crippen molar-refractivity contribution in [3.8, 4) is 28.4 Å². The lowest BCUT2D eigenvalue weighted by Crippen LogP contribution is -2.64. The molecule has 2 aromatic carbocycles. The Morgan fingerprint density at radius 2 is 1.46 bits per heavy atom. The highest BCUT2D eigenvalue weighted by Crippen LogP contribution is 2.41. The van der Waals surface area contributed by atoms with E-state index >= 15 is 0 Å². The van der Waals surface area contributed by atoms with E-state index in [1.54, 1.807) is 38.2 Å². The maximum absolute atomic E-state index is 13.7. The second-order valence-corrected chi connectivity index (χ2v) is 10.0. The molecular formula is C32H44N2O5. The molecule has 0 unspecified atom stereocenters. The molecule has 0 aliphatic carbocycles. The highest BCUT2D eigenvalue weighted by molar-refractivity contribution is 5.97. The average Bonchev–Trinajstić information content (AvgIpc) is 2.96. The first-order chi connectivity index (χ1) is 18.9. The average molecular weight is 537 g/mol. The van der Waals surface area contributed by atoms with Crippen molar-refractivity contribution in [1.29, 1.82) is 0 Å². The zero-order valence-corrected chi connectivity index (χ0v) is 24.4. The molecule has 2 aromatic rings. The highest BCUT2D eigenvalue weighted by atomic mass is 16.5. The lowest BCUT2D eigenvalue weighted by atomic mass is 9.95. The van der Waals surface area contributed by atoms with E-state index in [2.05, 4.69) is 26.0 Å². The normalized spacial score (nSPS) is 17.7. The summed E-state index contributed by atoms with van der Waals surface area (Å²) in [6, 6.07) is 11.0. The number of allylic oxidation sites excluding steroid dienone is 1. The zero-order valence-electron chi connectivity index (χ0n) is 24.4. The number of unbranched alkanes of at least 4 members (excludes halogenated alkanes) is 3. The fraction of sp³-hybridized carbons (Fsp3) is 0.500. The van der Waals surface area contributed by atoms with Gasteiger partial charge in [0, 0.05) is 20.0 Å². The smallest absolute Gasteiger partial charge is 0.246 e. The van der Waals surface area contributed by atoms with E-state index in [0.717, 1.165) is 36.0 Å². The lowest BCUT2D eigenvalue weighted by molar-refractivity contribution is -0.159. The molecule has 2 amide bonds. The Balaban J connectivity index is 1.79. The molecule has 2 atom stereocenters. The van der Waals surface area contributed by atoms with Crippen LogP contribution >= 0.6 is 0 Å². The summed E-state index contributed by atoms with van der Waals surface area (Å²) in [6.45, 7) is 4.72. The summed E-state index contributed by atoms with van der Waals surface area (Å²) in [5.74, 6) is 1.76. The van der Waals surface area contributed by atoms with Crippen LogP contribution in [-0.4, -0.2) is 68.6 Å². The number of hydrogen-bond donors (Lipinski definition) is 0. The number of carbonyl (C=O) groups is 2. The number of rotatable bonds is 14. The minimum atomic E-state index is -0.522. The number of piperazine rings is 1. The maximum atomic E-state index is 13.7. The molecule has 0 bridgehead atoms. The predicted molar refractivity (Wildman–Crippen MR) is 155 cm³/mol. The first kappa shape index (κ1) is 30.1. The van der Waals surface area contributed by atoms with Gasteiger partial charge in [-0.3, -0.25) is 9.59 Å². The fourth-order valence-corrected chi connectivity index (χ4v) is 5.15. The fourth-order valence-electron chi connectivity index (χ4n) is 5.15. The van der Waals surface area contributed by atoms with Crippen molar-refractivity contribution in [1.82, 2.24) is 9.80 Å². The zero-order chi connectivity index (χ0) is 28.4. The molecular weight excluding hydrogens is 492 g/mol. The molecule has 0 N–H and O–H groups in total. The summed E-state index contributed by atoms with van der Waals surface area (Å²) in [7, 11) is 6.54. The van der Waals surface area contributed by atoms with Crippen molar-refractivity contribution < 1.29 is 23.8 Å². The van der Waals surface area contributed by atoms with Crippen LogP contribution in [0.3, 0.4) is 0 Å². The van der Waals surface area contributed by atoms with Crippen LogP contribution in [0.1, 0.15) is 57.9 Å². The highest BCUT2D eigenvalue weighted by Gasteiger charge is 2.43. The Kier molecular flexibility index (Phi) is 11.3. The number of methoxy groups -OCH3 is 3. The molecule has 39 heavy (non-hydrogen) atoms. The molecule has 212 valence electrons. The van der Waals surface area contributed by atoms with Crippen molar-refractivity contribution in [2.24, 2.45) is 0 Å². The Morgan fingerprint density at radius 3 is 2.03 bits per heavy atom. The van der Waals surface area contributed by atoms with E-state index in [0.29, 0.717) is 36.6 Å². The van der Waals surface area contributed by atoms with Gasteiger partial charge in [0.15, 0.2) is 11.5 Å². The van der Waals surface area contributed by atoms with Crippen molar-refractivity contribution in [3.05, 3.63) is 54.1 Å². The molecule has 3 rings (SSSR count). The Hall–Kier alpha value is -3.48. The molecule has 0 saturated carbocycles. The van der Waals surface area contributed by atoms with Crippen LogP contribution in [0.4, 0.5) is 0 Å². The molecule has 0 aromatic heterocycles. The van der Waals surface area contributed by atoms with Crippen molar-refractivity contribution in [2.45, 2.75) is 70.9 Å². The molecule has 1 aliphatic rings. The number of benzene rings is 2. The van der Waals surface area contributed by atoms with Gasteiger partial charge < -0.3 is 24.0 Å². The van der Waals surface area contributed by atoms with Crippen LogP contribution in [0.25, 0.3) is 11.1 Å². The van der Waals surface area contributed by atoms with Crippen LogP contribution in [0.2, 0.25) is 0 Å². The van der Waals surface area contributed by atoms with Crippen LogP contribution in [0.5, 0.6) is 17.2 Å². The molecule has 0 radical (unpaired) electrons. The quantitative estimate of drug-likeness (QED) is 0.222. The van der Waals surface area contributed by atoms with Crippen LogP contribution in [-0.2, 0) is 16.0 Å². The summed E-state index contributed by atoms with van der Waals surface area (Å²) in [5.41, 5.74) is 2.90. The Labute approximate surface area is 233 Å². The number of nitrogens with zero attached hydrogens (tertiary/aromatic N) is 2. The van der Waals surface area contributed by atoms with Gasteiger partial charge >= 0.3 is 0 Å². The minimum Gasteiger partial charge on any atom is -0.493 e. The number of carbonyl (C=O) groups excluding carboxylic acids is 2. The molecule has 0 spiro atoms. The third-order valence-electron chi connectivity index (χ3n) is 7.43. The molecule has 1 fully saturated rings. The summed E-state index contributed by atoms with van der Waals surface area (Å²) in [4.78, 5) is 30.5. The number of ether oxygens (including phenoxy) is 3. The van der Waals surface area contributed by atoms with E-state index in [-0.39, 0.29) is 11.8 Å². The van der Waals surface area contributed by atoms with E-state index in [1.165, 1.54) is 12.8 Å². The third kappa shape index (κ3) is 7.14. The summed E-state index contributed by atoms with van der Waals surface area (Å²) >= 11 is 0. The maximum Gasteiger partial charge on any atom is 0.246 e. The van der Waals surface area contributed by atoms with Gasteiger partial charge in [-0.25, -0.2) is 0 Å². The molecule has 1 heterocycles.